The average Bonchev–Trinajstić information content (AvgIpc) is 3.29. The van der Waals surface area contributed by atoms with Gasteiger partial charge in [-0.25, -0.2) is 14.5 Å². The maximum absolute atomic E-state index is 5.93. The highest BCUT2D eigenvalue weighted by Crippen LogP contribution is 2.29. The molecule has 0 aliphatic carbocycles. The minimum atomic E-state index is 0.177. The number of benzene rings is 1. The molecule has 0 radical (unpaired) electrons. The molecule has 0 saturated carbocycles. The zero-order valence-corrected chi connectivity index (χ0v) is 15.2. The van der Waals surface area contributed by atoms with Crippen molar-refractivity contribution in [2.24, 2.45) is 0 Å². The second kappa shape index (κ2) is 6.51. The maximum atomic E-state index is 5.93. The van der Waals surface area contributed by atoms with E-state index in [4.69, 9.17) is 11.6 Å². The molecule has 5 nitrogen and oxygen atoms in total. The van der Waals surface area contributed by atoms with E-state index >= 15 is 0 Å². The molecule has 3 aromatic heterocycles. The topological polar surface area (TPSA) is 55.1 Å². The summed E-state index contributed by atoms with van der Waals surface area (Å²) in [6.45, 7) is 2.14. The van der Waals surface area contributed by atoms with Crippen molar-refractivity contribution in [3.63, 3.8) is 0 Å². The Morgan fingerprint density at radius 2 is 2.12 bits per heavy atom. The van der Waals surface area contributed by atoms with Crippen LogP contribution < -0.4 is 5.32 Å². The lowest BCUT2D eigenvalue weighted by Crippen LogP contribution is -2.09. The molecular formula is C16H14ClN5S2. The van der Waals surface area contributed by atoms with E-state index < -0.39 is 0 Å². The van der Waals surface area contributed by atoms with Crippen LogP contribution in [0.3, 0.4) is 0 Å². The van der Waals surface area contributed by atoms with Crippen molar-refractivity contribution in [1.82, 2.24) is 19.6 Å². The van der Waals surface area contributed by atoms with E-state index in [1.54, 1.807) is 11.3 Å². The van der Waals surface area contributed by atoms with Gasteiger partial charge in [-0.2, -0.15) is 0 Å². The molecule has 0 spiro atoms. The molecule has 0 bridgehead atoms. The van der Waals surface area contributed by atoms with E-state index in [2.05, 4.69) is 27.3 Å². The van der Waals surface area contributed by atoms with Crippen molar-refractivity contribution in [3.05, 3.63) is 52.1 Å². The minimum Gasteiger partial charge on any atom is -0.351 e. The summed E-state index contributed by atoms with van der Waals surface area (Å²) in [4.78, 5) is 9.90. The Morgan fingerprint density at radius 3 is 2.79 bits per heavy atom. The highest BCUT2D eigenvalue weighted by atomic mass is 35.5. The first kappa shape index (κ1) is 15.6. The van der Waals surface area contributed by atoms with Crippen LogP contribution in [0.2, 0.25) is 5.02 Å². The second-order valence-electron chi connectivity index (χ2n) is 5.24. The van der Waals surface area contributed by atoms with E-state index in [0.717, 1.165) is 37.8 Å². The van der Waals surface area contributed by atoms with E-state index in [1.165, 1.54) is 11.3 Å². The average molecular weight is 376 g/mol. The van der Waals surface area contributed by atoms with Crippen molar-refractivity contribution in [2.75, 3.05) is 5.32 Å². The lowest BCUT2D eigenvalue weighted by atomic mass is 10.2. The summed E-state index contributed by atoms with van der Waals surface area (Å²) in [6.07, 6.45) is 4.72. The van der Waals surface area contributed by atoms with Crippen LogP contribution in [-0.2, 0) is 0 Å². The smallest absolute Gasteiger partial charge is 0.214 e. The number of rotatable bonds is 5. The fourth-order valence-electron chi connectivity index (χ4n) is 2.41. The molecule has 3 heterocycles. The molecule has 24 heavy (non-hydrogen) atoms. The third-order valence-corrected chi connectivity index (χ3v) is 5.63. The highest BCUT2D eigenvalue weighted by molar-refractivity contribution is 7.20. The third-order valence-electron chi connectivity index (χ3n) is 3.64. The van der Waals surface area contributed by atoms with E-state index in [-0.39, 0.29) is 6.04 Å². The van der Waals surface area contributed by atoms with Gasteiger partial charge < -0.3 is 5.32 Å². The monoisotopic (exact) mass is 375 g/mol. The molecule has 1 aromatic carbocycles. The van der Waals surface area contributed by atoms with Gasteiger partial charge in [0.2, 0.25) is 10.1 Å². The molecular weight excluding hydrogens is 362 g/mol. The number of nitrogens with one attached hydrogen (secondary N) is 1. The molecule has 1 unspecified atom stereocenters. The minimum absolute atomic E-state index is 0.177. The summed E-state index contributed by atoms with van der Waals surface area (Å²) < 4.78 is 1.81. The summed E-state index contributed by atoms with van der Waals surface area (Å²) >= 11 is 9.13. The Bertz CT molecular complexity index is 911. The van der Waals surface area contributed by atoms with Crippen LogP contribution in [0.15, 0.2) is 42.0 Å². The predicted molar refractivity (Wildman–Crippen MR) is 100 cm³/mol. The van der Waals surface area contributed by atoms with Crippen LogP contribution in [0.4, 0.5) is 5.13 Å². The quantitative estimate of drug-likeness (QED) is 0.525. The fraction of sp³-hybridized carbons (Fsp3) is 0.188. The van der Waals surface area contributed by atoms with Crippen molar-refractivity contribution in [1.29, 1.82) is 0 Å². The Morgan fingerprint density at radius 1 is 1.29 bits per heavy atom. The van der Waals surface area contributed by atoms with Crippen molar-refractivity contribution in [3.8, 4) is 11.3 Å². The van der Waals surface area contributed by atoms with E-state index in [9.17, 15) is 0 Å². The highest BCUT2D eigenvalue weighted by Gasteiger charge is 2.15. The summed E-state index contributed by atoms with van der Waals surface area (Å²) in [6, 6.07) is 7.83. The number of anilines is 1. The normalized spacial score (nSPS) is 12.6. The summed E-state index contributed by atoms with van der Waals surface area (Å²) in [7, 11) is 0. The van der Waals surface area contributed by atoms with Gasteiger partial charge in [-0.1, -0.05) is 42.0 Å². The van der Waals surface area contributed by atoms with Crippen LogP contribution in [0, 0.1) is 0 Å². The lowest BCUT2D eigenvalue weighted by Gasteiger charge is -2.12. The van der Waals surface area contributed by atoms with Crippen LogP contribution >= 0.6 is 34.3 Å². The predicted octanol–water partition coefficient (Wildman–Crippen LogP) is 5.13. The van der Waals surface area contributed by atoms with Gasteiger partial charge in [-0.15, -0.1) is 16.4 Å². The number of fused-ring (bicyclic) bond motifs is 1. The largest absolute Gasteiger partial charge is 0.351 e. The van der Waals surface area contributed by atoms with Gasteiger partial charge in [0.15, 0.2) is 0 Å². The molecule has 4 rings (SSSR count). The molecule has 0 aliphatic heterocycles. The maximum Gasteiger partial charge on any atom is 0.214 e. The Balaban J connectivity index is 1.58. The first-order chi connectivity index (χ1) is 11.7. The Labute approximate surface area is 152 Å². The van der Waals surface area contributed by atoms with Crippen molar-refractivity contribution < 1.29 is 0 Å². The molecule has 4 aromatic rings. The zero-order valence-electron chi connectivity index (χ0n) is 12.8. The first-order valence-corrected chi connectivity index (χ1v) is 9.58. The molecule has 0 fully saturated rings. The third kappa shape index (κ3) is 3.02. The number of halogens is 1. The molecule has 0 saturated heterocycles. The lowest BCUT2D eigenvalue weighted by molar-refractivity contribution is 0.737. The van der Waals surface area contributed by atoms with Gasteiger partial charge in [0.1, 0.15) is 5.01 Å². The first-order valence-electron chi connectivity index (χ1n) is 7.51. The summed E-state index contributed by atoms with van der Waals surface area (Å²) in [5, 5.41) is 12.7. The molecule has 1 N–H and O–H groups in total. The van der Waals surface area contributed by atoms with E-state index in [0.29, 0.717) is 0 Å². The van der Waals surface area contributed by atoms with Crippen LogP contribution in [0.5, 0.6) is 0 Å². The number of thiazole rings is 1. The summed E-state index contributed by atoms with van der Waals surface area (Å²) in [5.74, 6) is 0. The number of hydrogen-bond acceptors (Lipinski definition) is 6. The molecule has 0 amide bonds. The molecule has 1 atom stereocenters. The van der Waals surface area contributed by atoms with Crippen LogP contribution in [0.25, 0.3) is 16.2 Å². The Kier molecular flexibility index (Phi) is 4.22. The molecule has 8 heteroatoms. The van der Waals surface area contributed by atoms with Gasteiger partial charge in [0, 0.05) is 22.2 Å². The van der Waals surface area contributed by atoms with Crippen molar-refractivity contribution >= 4 is 44.4 Å². The Hall–Kier alpha value is -1.96. The van der Waals surface area contributed by atoms with Crippen LogP contribution in [-0.4, -0.2) is 19.6 Å². The zero-order chi connectivity index (χ0) is 16.5. The standard InChI is InChI=1S/C16H14ClN5S2/c1-2-12(14-18-7-8-23-14)19-15-21-22-9-13(20-16(22)24-15)10-3-5-11(17)6-4-10/h3-9,12H,2H2,1H3,(H,19,21). The van der Waals surface area contributed by atoms with Gasteiger partial charge in [-0.3, -0.25) is 0 Å². The second-order valence-corrected chi connectivity index (χ2v) is 7.56. The van der Waals surface area contributed by atoms with Crippen molar-refractivity contribution in [2.45, 2.75) is 19.4 Å². The summed E-state index contributed by atoms with van der Waals surface area (Å²) in [5.41, 5.74) is 1.92. The molecule has 0 aliphatic rings. The van der Waals surface area contributed by atoms with Gasteiger partial charge in [0.25, 0.3) is 0 Å². The number of imidazole rings is 1. The van der Waals surface area contributed by atoms with Gasteiger partial charge in [-0.05, 0) is 18.6 Å². The molecule has 122 valence electrons. The number of nitrogens with zero attached hydrogens (tertiary/aromatic N) is 4. The fourth-order valence-corrected chi connectivity index (χ4v) is 4.14. The SMILES string of the molecule is CCC(Nc1nn2cc(-c3ccc(Cl)cc3)nc2s1)c1nccs1. The van der Waals surface area contributed by atoms with Gasteiger partial charge in [0.05, 0.1) is 17.9 Å². The number of hydrogen-bond donors (Lipinski definition) is 1. The van der Waals surface area contributed by atoms with Crippen LogP contribution in [0.1, 0.15) is 24.4 Å². The van der Waals surface area contributed by atoms with E-state index in [1.807, 2.05) is 46.6 Å². The number of aromatic nitrogens is 4. The van der Waals surface area contributed by atoms with Gasteiger partial charge >= 0.3 is 0 Å².